The molecule has 0 radical (unpaired) electrons. The number of ether oxygens (including phenoxy) is 2. The molecule has 0 fully saturated rings. The van der Waals surface area contributed by atoms with E-state index in [1.165, 1.54) is 6.26 Å². The van der Waals surface area contributed by atoms with Crippen molar-refractivity contribution in [1.82, 2.24) is 5.32 Å². The summed E-state index contributed by atoms with van der Waals surface area (Å²) in [6.07, 6.45) is 1.74. The van der Waals surface area contributed by atoms with Crippen LogP contribution in [0.3, 0.4) is 0 Å². The van der Waals surface area contributed by atoms with E-state index in [1.54, 1.807) is 19.1 Å². The van der Waals surface area contributed by atoms with Gasteiger partial charge in [-0.3, -0.25) is 4.79 Å². The molecule has 1 atom stereocenters. The predicted octanol–water partition coefficient (Wildman–Crippen LogP) is 1.89. The maximum absolute atomic E-state index is 11.6. The van der Waals surface area contributed by atoms with Crippen molar-refractivity contribution in [3.8, 4) is 0 Å². The highest BCUT2D eigenvalue weighted by Crippen LogP contribution is 2.03. The Kier molecular flexibility index (Phi) is 7.53. The predicted molar refractivity (Wildman–Crippen MR) is 76.4 cm³/mol. The van der Waals surface area contributed by atoms with Gasteiger partial charge < -0.3 is 19.2 Å². The molecule has 0 bridgehead atoms. The van der Waals surface area contributed by atoms with E-state index in [2.05, 4.69) is 19.2 Å². The first-order valence-corrected chi connectivity index (χ1v) is 7.06. The Morgan fingerprint density at radius 2 is 2.10 bits per heavy atom. The number of furan rings is 1. The highest BCUT2D eigenvalue weighted by molar-refractivity contribution is 5.81. The summed E-state index contributed by atoms with van der Waals surface area (Å²) in [6, 6.07) is 3.48. The smallest absolute Gasteiger partial charge is 0.335 e. The van der Waals surface area contributed by atoms with Gasteiger partial charge in [-0.1, -0.05) is 13.8 Å². The van der Waals surface area contributed by atoms with Gasteiger partial charge in [0.2, 0.25) is 0 Å². The molecule has 1 rings (SSSR count). The van der Waals surface area contributed by atoms with E-state index in [9.17, 15) is 9.59 Å². The molecule has 0 aromatic carbocycles. The van der Waals surface area contributed by atoms with Gasteiger partial charge in [0.15, 0.2) is 12.7 Å². The van der Waals surface area contributed by atoms with Gasteiger partial charge in [-0.15, -0.1) is 0 Å². The lowest BCUT2D eigenvalue weighted by Gasteiger charge is -2.13. The number of hydrogen-bond donors (Lipinski definition) is 1. The Labute approximate surface area is 124 Å². The van der Waals surface area contributed by atoms with E-state index >= 15 is 0 Å². The summed E-state index contributed by atoms with van der Waals surface area (Å²) in [6.45, 7) is 6.22. The number of carbonyl (C=O) groups excluding carboxylic acids is 2. The molecule has 1 amide bonds. The van der Waals surface area contributed by atoms with Crippen LogP contribution >= 0.6 is 0 Å². The van der Waals surface area contributed by atoms with Crippen LogP contribution < -0.4 is 5.32 Å². The summed E-state index contributed by atoms with van der Waals surface area (Å²) in [5.41, 5.74) is 0. The molecule has 1 heterocycles. The Hall–Kier alpha value is -1.82. The zero-order chi connectivity index (χ0) is 15.7. The molecule has 21 heavy (non-hydrogen) atoms. The van der Waals surface area contributed by atoms with Crippen LogP contribution in [-0.2, 0) is 25.6 Å². The second-order valence-electron chi connectivity index (χ2n) is 5.16. The SMILES string of the molecule is CC(C)CCOC(C)C(=O)OCC(=O)NCc1ccco1. The lowest BCUT2D eigenvalue weighted by Crippen LogP contribution is -2.31. The van der Waals surface area contributed by atoms with Crippen molar-refractivity contribution in [2.75, 3.05) is 13.2 Å². The summed E-state index contributed by atoms with van der Waals surface area (Å²) >= 11 is 0. The summed E-state index contributed by atoms with van der Waals surface area (Å²) in [4.78, 5) is 23.1. The fourth-order valence-electron chi connectivity index (χ4n) is 1.45. The molecule has 1 N–H and O–H groups in total. The second-order valence-corrected chi connectivity index (χ2v) is 5.16. The van der Waals surface area contributed by atoms with E-state index in [4.69, 9.17) is 13.9 Å². The minimum absolute atomic E-state index is 0.268. The zero-order valence-corrected chi connectivity index (χ0v) is 12.8. The number of amides is 1. The number of carbonyl (C=O) groups is 2. The highest BCUT2D eigenvalue weighted by atomic mass is 16.6. The first-order valence-electron chi connectivity index (χ1n) is 7.06. The van der Waals surface area contributed by atoms with Crippen LogP contribution in [0.25, 0.3) is 0 Å². The van der Waals surface area contributed by atoms with Gasteiger partial charge in [-0.25, -0.2) is 4.79 Å². The van der Waals surface area contributed by atoms with Crippen molar-refractivity contribution in [1.29, 1.82) is 0 Å². The van der Waals surface area contributed by atoms with Gasteiger partial charge in [0.05, 0.1) is 12.8 Å². The molecule has 0 aliphatic rings. The Morgan fingerprint density at radius 3 is 2.71 bits per heavy atom. The first kappa shape index (κ1) is 17.2. The fraction of sp³-hybridized carbons (Fsp3) is 0.600. The lowest BCUT2D eigenvalue weighted by molar-refractivity contribution is -0.159. The van der Waals surface area contributed by atoms with Gasteiger partial charge in [0.1, 0.15) is 5.76 Å². The minimum Gasteiger partial charge on any atom is -0.467 e. The van der Waals surface area contributed by atoms with Gasteiger partial charge >= 0.3 is 5.97 Å². The third-order valence-electron chi connectivity index (χ3n) is 2.78. The van der Waals surface area contributed by atoms with E-state index in [-0.39, 0.29) is 19.1 Å². The van der Waals surface area contributed by atoms with E-state index in [0.29, 0.717) is 18.3 Å². The first-order chi connectivity index (χ1) is 9.99. The second kappa shape index (κ2) is 9.18. The molecular formula is C15H23NO5. The van der Waals surface area contributed by atoms with Crippen molar-refractivity contribution in [2.24, 2.45) is 5.92 Å². The normalized spacial score (nSPS) is 12.2. The third-order valence-corrected chi connectivity index (χ3v) is 2.78. The average Bonchev–Trinajstić information content (AvgIpc) is 2.95. The molecule has 0 aliphatic heterocycles. The van der Waals surface area contributed by atoms with Gasteiger partial charge in [-0.2, -0.15) is 0 Å². The summed E-state index contributed by atoms with van der Waals surface area (Å²) in [5, 5.41) is 2.59. The lowest BCUT2D eigenvalue weighted by atomic mass is 10.1. The third kappa shape index (κ3) is 7.51. The summed E-state index contributed by atoms with van der Waals surface area (Å²) in [7, 11) is 0. The number of esters is 1. The van der Waals surface area contributed by atoms with Gasteiger partial charge in [0.25, 0.3) is 5.91 Å². The minimum atomic E-state index is -0.665. The number of nitrogens with one attached hydrogen (secondary N) is 1. The molecule has 6 nitrogen and oxygen atoms in total. The van der Waals surface area contributed by atoms with Crippen LogP contribution in [0.2, 0.25) is 0 Å². The molecule has 1 unspecified atom stereocenters. The summed E-state index contributed by atoms with van der Waals surface area (Å²) in [5.74, 6) is 0.238. The molecule has 0 saturated heterocycles. The van der Waals surface area contributed by atoms with Crippen LogP contribution in [0.1, 0.15) is 33.0 Å². The van der Waals surface area contributed by atoms with Crippen LogP contribution in [0.5, 0.6) is 0 Å². The maximum atomic E-state index is 11.6. The Bertz CT molecular complexity index is 427. The molecule has 1 aromatic heterocycles. The maximum Gasteiger partial charge on any atom is 0.335 e. The van der Waals surface area contributed by atoms with E-state index in [0.717, 1.165) is 6.42 Å². The molecule has 118 valence electrons. The van der Waals surface area contributed by atoms with Gasteiger partial charge in [0, 0.05) is 6.61 Å². The average molecular weight is 297 g/mol. The van der Waals surface area contributed by atoms with Crippen molar-refractivity contribution >= 4 is 11.9 Å². The molecular weight excluding hydrogens is 274 g/mol. The number of hydrogen-bond acceptors (Lipinski definition) is 5. The van der Waals surface area contributed by atoms with Crippen molar-refractivity contribution in [3.05, 3.63) is 24.2 Å². The van der Waals surface area contributed by atoms with Crippen molar-refractivity contribution in [3.63, 3.8) is 0 Å². The van der Waals surface area contributed by atoms with Crippen LogP contribution in [0.15, 0.2) is 22.8 Å². The van der Waals surface area contributed by atoms with E-state index in [1.807, 2.05) is 0 Å². The Morgan fingerprint density at radius 1 is 1.33 bits per heavy atom. The van der Waals surface area contributed by atoms with Crippen LogP contribution in [0, 0.1) is 5.92 Å². The van der Waals surface area contributed by atoms with Crippen LogP contribution in [0.4, 0.5) is 0 Å². The monoisotopic (exact) mass is 297 g/mol. The van der Waals surface area contributed by atoms with Crippen LogP contribution in [-0.4, -0.2) is 31.2 Å². The topological polar surface area (TPSA) is 77.8 Å². The quantitative estimate of drug-likeness (QED) is 0.704. The Balaban J connectivity index is 2.14. The van der Waals surface area contributed by atoms with Crippen molar-refractivity contribution < 1.29 is 23.5 Å². The molecule has 0 spiro atoms. The summed E-state index contributed by atoms with van der Waals surface area (Å²) < 4.78 is 15.3. The molecule has 0 saturated carbocycles. The fourth-order valence-corrected chi connectivity index (χ4v) is 1.45. The molecule has 1 aromatic rings. The number of rotatable bonds is 9. The highest BCUT2D eigenvalue weighted by Gasteiger charge is 2.16. The van der Waals surface area contributed by atoms with E-state index < -0.39 is 12.1 Å². The van der Waals surface area contributed by atoms with Gasteiger partial charge in [-0.05, 0) is 31.4 Å². The molecule has 6 heteroatoms. The van der Waals surface area contributed by atoms with Crippen molar-refractivity contribution in [2.45, 2.75) is 39.8 Å². The molecule has 0 aliphatic carbocycles. The zero-order valence-electron chi connectivity index (χ0n) is 12.8. The standard InChI is InChI=1S/C15H23NO5/c1-11(2)6-8-19-12(3)15(18)21-10-14(17)16-9-13-5-4-7-20-13/h4-5,7,11-12H,6,8-10H2,1-3H3,(H,16,17). The largest absolute Gasteiger partial charge is 0.467 e.